The first-order chi connectivity index (χ1) is 13.5. The van der Waals surface area contributed by atoms with E-state index in [0.717, 1.165) is 34.6 Å². The molecule has 0 spiro atoms. The van der Waals surface area contributed by atoms with Crippen LogP contribution in [0.5, 0.6) is 0 Å². The minimum absolute atomic E-state index is 0.0298. The monoisotopic (exact) mass is 415 g/mol. The third kappa shape index (κ3) is 4.46. The van der Waals surface area contributed by atoms with Crippen molar-refractivity contribution in [3.8, 4) is 11.8 Å². The molecule has 0 aliphatic heterocycles. The summed E-state index contributed by atoms with van der Waals surface area (Å²) in [6.45, 7) is 2.68. The summed E-state index contributed by atoms with van der Waals surface area (Å²) < 4.78 is 2.69. The first-order valence-corrected chi connectivity index (χ1v) is 10.3. The summed E-state index contributed by atoms with van der Waals surface area (Å²) in [6.07, 6.45) is 3.29. The van der Waals surface area contributed by atoms with Crippen molar-refractivity contribution in [1.82, 2.24) is 19.9 Å². The van der Waals surface area contributed by atoms with Gasteiger partial charge >= 0.3 is 0 Å². The fourth-order valence-electron chi connectivity index (χ4n) is 2.98. The van der Waals surface area contributed by atoms with Crippen LogP contribution >= 0.6 is 22.9 Å². The Labute approximate surface area is 173 Å². The third-order valence-electron chi connectivity index (χ3n) is 4.56. The van der Waals surface area contributed by atoms with E-state index in [1.54, 1.807) is 13.4 Å². The Morgan fingerprint density at radius 1 is 1.36 bits per heavy atom. The number of amides is 1. The fraction of sp³-hybridized carbons (Fsp3) is 0.350. The summed E-state index contributed by atoms with van der Waals surface area (Å²) >= 11 is 7.40. The summed E-state index contributed by atoms with van der Waals surface area (Å²) in [6, 6.07) is 5.62. The molecule has 1 atom stereocenters. The van der Waals surface area contributed by atoms with E-state index in [2.05, 4.69) is 27.5 Å². The van der Waals surface area contributed by atoms with Crippen LogP contribution in [0.25, 0.3) is 11.2 Å². The maximum absolute atomic E-state index is 12.0. The summed E-state index contributed by atoms with van der Waals surface area (Å²) in [5.74, 6) is 6.25. The van der Waals surface area contributed by atoms with Crippen LogP contribution in [-0.2, 0) is 11.3 Å². The SMILES string of the molecule is CCC(CCn1cnc2c(NC)cc(C#Cc3ccc(Cl)s3)nc21)C(=O)NC. The van der Waals surface area contributed by atoms with Gasteiger partial charge < -0.3 is 15.2 Å². The smallest absolute Gasteiger partial charge is 0.222 e. The van der Waals surface area contributed by atoms with Crippen LogP contribution < -0.4 is 10.6 Å². The minimum Gasteiger partial charge on any atom is -0.386 e. The highest BCUT2D eigenvalue weighted by Gasteiger charge is 2.16. The zero-order chi connectivity index (χ0) is 20.1. The number of nitrogens with zero attached hydrogens (tertiary/aromatic N) is 3. The molecule has 8 heteroatoms. The number of rotatable bonds is 6. The van der Waals surface area contributed by atoms with Crippen molar-refractivity contribution < 1.29 is 4.79 Å². The van der Waals surface area contributed by atoms with Crippen LogP contribution in [0, 0.1) is 17.8 Å². The molecular weight excluding hydrogens is 394 g/mol. The lowest BCUT2D eigenvalue weighted by molar-refractivity contribution is -0.124. The van der Waals surface area contributed by atoms with Gasteiger partial charge in [0.2, 0.25) is 5.91 Å². The van der Waals surface area contributed by atoms with Crippen molar-refractivity contribution in [3.05, 3.63) is 39.4 Å². The van der Waals surface area contributed by atoms with Gasteiger partial charge in [0.15, 0.2) is 5.65 Å². The molecular formula is C20H22ClN5OS. The molecule has 1 amide bonds. The summed E-state index contributed by atoms with van der Waals surface area (Å²) in [5.41, 5.74) is 3.07. The van der Waals surface area contributed by atoms with Crippen molar-refractivity contribution in [2.75, 3.05) is 19.4 Å². The second kappa shape index (κ2) is 9.09. The first kappa shape index (κ1) is 20.2. The molecule has 0 saturated heterocycles. The van der Waals surface area contributed by atoms with Gasteiger partial charge in [0.25, 0.3) is 0 Å². The van der Waals surface area contributed by atoms with E-state index in [1.165, 1.54) is 11.3 Å². The van der Waals surface area contributed by atoms with Gasteiger partial charge in [-0.2, -0.15) is 0 Å². The standard InChI is InChI=1S/C20H22ClN5OS/c1-4-13(20(27)23-3)9-10-26-12-24-18-16(22-2)11-14(25-19(18)26)5-6-15-7-8-17(21)28-15/h7-8,11-13H,4,9-10H2,1-3H3,(H,22,25)(H,23,27). The number of carbonyl (C=O) groups excluding carboxylic acids is 1. The average Bonchev–Trinajstić information content (AvgIpc) is 3.31. The molecule has 3 aromatic rings. The molecule has 3 heterocycles. The molecule has 0 radical (unpaired) electrons. The van der Waals surface area contributed by atoms with Crippen molar-refractivity contribution >= 4 is 45.7 Å². The van der Waals surface area contributed by atoms with Gasteiger partial charge in [0.05, 0.1) is 21.2 Å². The average molecular weight is 416 g/mol. The zero-order valence-corrected chi connectivity index (χ0v) is 17.6. The van der Waals surface area contributed by atoms with Crippen LogP contribution in [0.3, 0.4) is 0 Å². The number of nitrogens with one attached hydrogen (secondary N) is 2. The maximum atomic E-state index is 12.0. The number of imidazole rings is 1. The van der Waals surface area contributed by atoms with E-state index >= 15 is 0 Å². The van der Waals surface area contributed by atoms with Gasteiger partial charge in [-0.3, -0.25) is 4.79 Å². The lowest BCUT2D eigenvalue weighted by Crippen LogP contribution is -2.27. The van der Waals surface area contributed by atoms with E-state index in [-0.39, 0.29) is 11.8 Å². The summed E-state index contributed by atoms with van der Waals surface area (Å²) in [7, 11) is 3.52. The highest BCUT2D eigenvalue weighted by molar-refractivity contribution is 7.16. The van der Waals surface area contributed by atoms with Crippen LogP contribution in [0.1, 0.15) is 30.3 Å². The van der Waals surface area contributed by atoms with Gasteiger partial charge in [0, 0.05) is 26.6 Å². The quantitative estimate of drug-likeness (QED) is 0.601. The van der Waals surface area contributed by atoms with E-state index in [9.17, 15) is 4.79 Å². The van der Waals surface area contributed by atoms with Crippen molar-refractivity contribution in [1.29, 1.82) is 0 Å². The molecule has 6 nitrogen and oxygen atoms in total. The number of hydrogen-bond acceptors (Lipinski definition) is 5. The molecule has 0 saturated carbocycles. The number of pyridine rings is 1. The molecule has 2 N–H and O–H groups in total. The van der Waals surface area contributed by atoms with Gasteiger partial charge in [0.1, 0.15) is 11.2 Å². The van der Waals surface area contributed by atoms with Gasteiger partial charge in [-0.1, -0.05) is 18.5 Å². The topological polar surface area (TPSA) is 71.8 Å². The first-order valence-electron chi connectivity index (χ1n) is 9.08. The molecule has 3 rings (SSSR count). The predicted molar refractivity (Wildman–Crippen MR) is 115 cm³/mol. The number of halogens is 1. The van der Waals surface area contributed by atoms with E-state index in [1.807, 2.05) is 36.7 Å². The van der Waals surface area contributed by atoms with Crippen molar-refractivity contribution in [2.24, 2.45) is 5.92 Å². The Bertz CT molecular complexity index is 1050. The van der Waals surface area contributed by atoms with Crippen LogP contribution in [0.2, 0.25) is 4.34 Å². The Balaban J connectivity index is 1.90. The zero-order valence-electron chi connectivity index (χ0n) is 16.0. The van der Waals surface area contributed by atoms with Crippen LogP contribution in [-0.4, -0.2) is 34.5 Å². The fourth-order valence-corrected chi connectivity index (χ4v) is 3.88. The largest absolute Gasteiger partial charge is 0.386 e. The highest BCUT2D eigenvalue weighted by atomic mass is 35.5. The van der Waals surface area contributed by atoms with Crippen molar-refractivity contribution in [3.63, 3.8) is 0 Å². The van der Waals surface area contributed by atoms with Gasteiger partial charge in [-0.15, -0.1) is 11.3 Å². The number of carbonyl (C=O) groups is 1. The Morgan fingerprint density at radius 3 is 2.82 bits per heavy atom. The molecule has 0 bridgehead atoms. The summed E-state index contributed by atoms with van der Waals surface area (Å²) in [5, 5.41) is 5.89. The molecule has 1 unspecified atom stereocenters. The van der Waals surface area contributed by atoms with Crippen LogP contribution in [0.4, 0.5) is 5.69 Å². The Kier molecular flexibility index (Phi) is 6.55. The number of thiophene rings is 1. The molecule has 0 aromatic carbocycles. The second-order valence-electron chi connectivity index (χ2n) is 6.28. The molecule has 0 aliphatic rings. The Hall–Kier alpha value is -2.56. The number of aryl methyl sites for hydroxylation is 1. The maximum Gasteiger partial charge on any atom is 0.222 e. The summed E-state index contributed by atoms with van der Waals surface area (Å²) in [4.78, 5) is 22.0. The normalized spacial score (nSPS) is 11.7. The lowest BCUT2D eigenvalue weighted by atomic mass is 10.0. The molecule has 28 heavy (non-hydrogen) atoms. The molecule has 0 fully saturated rings. The lowest BCUT2D eigenvalue weighted by Gasteiger charge is -2.13. The van der Waals surface area contributed by atoms with Crippen molar-refractivity contribution in [2.45, 2.75) is 26.3 Å². The van der Waals surface area contributed by atoms with Gasteiger partial charge in [-0.05, 0) is 42.9 Å². The number of aromatic nitrogens is 3. The number of fused-ring (bicyclic) bond motifs is 1. The van der Waals surface area contributed by atoms with Crippen LogP contribution in [0.15, 0.2) is 24.5 Å². The third-order valence-corrected chi connectivity index (χ3v) is 5.70. The molecule has 3 aromatic heterocycles. The molecule has 146 valence electrons. The predicted octanol–water partition coefficient (Wildman–Crippen LogP) is 3.75. The number of anilines is 1. The van der Waals surface area contributed by atoms with E-state index in [0.29, 0.717) is 16.6 Å². The van der Waals surface area contributed by atoms with E-state index in [4.69, 9.17) is 16.6 Å². The highest BCUT2D eigenvalue weighted by Crippen LogP contribution is 2.23. The Morgan fingerprint density at radius 2 is 2.18 bits per heavy atom. The minimum atomic E-state index is -0.0298. The van der Waals surface area contributed by atoms with E-state index < -0.39 is 0 Å². The van der Waals surface area contributed by atoms with Gasteiger partial charge in [-0.25, -0.2) is 9.97 Å². The number of hydrogen-bond donors (Lipinski definition) is 2. The second-order valence-corrected chi connectivity index (χ2v) is 7.99. The molecule has 0 aliphatic carbocycles.